The van der Waals surface area contributed by atoms with Gasteiger partial charge in [0.2, 0.25) is 0 Å². The molecule has 1 amide bonds. The lowest BCUT2D eigenvalue weighted by atomic mass is 10.0. The Morgan fingerprint density at radius 1 is 1.47 bits per heavy atom. The molecule has 100 valence electrons. The SMILES string of the molecule is COc1cccc2c1C(=O)N(CCN(C)C)C2C#N. The second-order valence-corrected chi connectivity index (χ2v) is 4.76. The molecule has 0 saturated heterocycles. The van der Waals surface area contributed by atoms with Crippen molar-refractivity contribution >= 4 is 5.91 Å². The molecule has 1 aliphatic rings. The molecule has 0 aromatic heterocycles. The van der Waals surface area contributed by atoms with Crippen LogP contribution in [0, 0.1) is 11.3 Å². The van der Waals surface area contributed by atoms with Crippen LogP contribution in [-0.4, -0.2) is 50.0 Å². The first-order valence-electron chi connectivity index (χ1n) is 6.12. The van der Waals surface area contributed by atoms with Crippen LogP contribution < -0.4 is 4.74 Å². The van der Waals surface area contributed by atoms with Gasteiger partial charge in [-0.25, -0.2) is 0 Å². The van der Waals surface area contributed by atoms with Gasteiger partial charge in [0.1, 0.15) is 11.8 Å². The monoisotopic (exact) mass is 259 g/mol. The van der Waals surface area contributed by atoms with Gasteiger partial charge in [0.05, 0.1) is 18.7 Å². The smallest absolute Gasteiger partial charge is 0.259 e. The Bertz CT molecular complexity index is 534. The van der Waals surface area contributed by atoms with E-state index in [2.05, 4.69) is 6.07 Å². The number of carbonyl (C=O) groups is 1. The van der Waals surface area contributed by atoms with Gasteiger partial charge in [0.15, 0.2) is 0 Å². The molecule has 1 unspecified atom stereocenters. The van der Waals surface area contributed by atoms with Crippen molar-refractivity contribution in [3.8, 4) is 11.8 Å². The summed E-state index contributed by atoms with van der Waals surface area (Å²) in [6, 6.07) is 7.07. The summed E-state index contributed by atoms with van der Waals surface area (Å²) in [6.45, 7) is 1.25. The Kier molecular flexibility index (Phi) is 3.72. The molecule has 5 nitrogen and oxygen atoms in total. The summed E-state index contributed by atoms with van der Waals surface area (Å²) in [7, 11) is 5.41. The Hall–Kier alpha value is -2.06. The maximum Gasteiger partial charge on any atom is 0.259 e. The van der Waals surface area contributed by atoms with E-state index in [1.807, 2.05) is 31.1 Å². The molecule has 0 spiro atoms. The van der Waals surface area contributed by atoms with E-state index in [0.717, 1.165) is 12.1 Å². The van der Waals surface area contributed by atoms with E-state index < -0.39 is 6.04 Å². The van der Waals surface area contributed by atoms with Gasteiger partial charge in [-0.3, -0.25) is 4.79 Å². The van der Waals surface area contributed by atoms with Crippen molar-refractivity contribution in [3.63, 3.8) is 0 Å². The van der Waals surface area contributed by atoms with E-state index in [9.17, 15) is 10.1 Å². The van der Waals surface area contributed by atoms with E-state index in [0.29, 0.717) is 17.9 Å². The molecule has 0 aliphatic carbocycles. The van der Waals surface area contributed by atoms with Crippen LogP contribution in [0.15, 0.2) is 18.2 Å². The van der Waals surface area contributed by atoms with Gasteiger partial charge in [-0.05, 0) is 20.2 Å². The Morgan fingerprint density at radius 2 is 2.21 bits per heavy atom. The van der Waals surface area contributed by atoms with Crippen LogP contribution in [0.5, 0.6) is 5.75 Å². The number of carbonyl (C=O) groups excluding carboxylic acids is 1. The second kappa shape index (κ2) is 5.29. The van der Waals surface area contributed by atoms with Crippen LogP contribution in [0.2, 0.25) is 0 Å². The van der Waals surface area contributed by atoms with Crippen molar-refractivity contribution in [2.45, 2.75) is 6.04 Å². The summed E-state index contributed by atoms with van der Waals surface area (Å²) >= 11 is 0. The molecule has 1 aliphatic heterocycles. The van der Waals surface area contributed by atoms with Gasteiger partial charge >= 0.3 is 0 Å². The normalized spacial score (nSPS) is 17.5. The predicted octanol–water partition coefficient (Wildman–Crippen LogP) is 1.28. The molecule has 1 aromatic rings. The lowest BCUT2D eigenvalue weighted by molar-refractivity contribution is 0.0744. The first-order chi connectivity index (χ1) is 9.10. The summed E-state index contributed by atoms with van der Waals surface area (Å²) in [6.07, 6.45) is 0. The van der Waals surface area contributed by atoms with Gasteiger partial charge in [0.25, 0.3) is 5.91 Å². The second-order valence-electron chi connectivity index (χ2n) is 4.76. The lowest BCUT2D eigenvalue weighted by Crippen LogP contribution is -2.34. The number of amides is 1. The summed E-state index contributed by atoms with van der Waals surface area (Å²) < 4.78 is 5.23. The van der Waals surface area contributed by atoms with Crippen LogP contribution >= 0.6 is 0 Å². The first kappa shape index (κ1) is 13.4. The fraction of sp³-hybridized carbons (Fsp3) is 0.429. The third kappa shape index (κ3) is 2.27. The van der Waals surface area contributed by atoms with Crippen molar-refractivity contribution in [1.29, 1.82) is 5.26 Å². The Labute approximate surface area is 113 Å². The van der Waals surface area contributed by atoms with E-state index in [4.69, 9.17) is 4.74 Å². The van der Waals surface area contributed by atoms with E-state index in [1.54, 1.807) is 11.0 Å². The van der Waals surface area contributed by atoms with Crippen molar-refractivity contribution in [1.82, 2.24) is 9.80 Å². The fourth-order valence-corrected chi connectivity index (χ4v) is 2.28. The topological polar surface area (TPSA) is 56.6 Å². The average Bonchev–Trinajstić information content (AvgIpc) is 2.68. The maximum atomic E-state index is 12.4. The zero-order chi connectivity index (χ0) is 14.0. The summed E-state index contributed by atoms with van der Waals surface area (Å²) in [4.78, 5) is 16.0. The van der Waals surface area contributed by atoms with Crippen LogP contribution in [-0.2, 0) is 0 Å². The highest BCUT2D eigenvalue weighted by Gasteiger charge is 2.38. The number of fused-ring (bicyclic) bond motifs is 1. The summed E-state index contributed by atoms with van der Waals surface area (Å²) in [5, 5.41) is 9.33. The van der Waals surface area contributed by atoms with E-state index >= 15 is 0 Å². The molecule has 1 aromatic carbocycles. The van der Waals surface area contributed by atoms with Crippen molar-refractivity contribution in [2.24, 2.45) is 0 Å². The van der Waals surface area contributed by atoms with Crippen LogP contribution in [0.4, 0.5) is 0 Å². The van der Waals surface area contributed by atoms with E-state index in [1.165, 1.54) is 7.11 Å². The zero-order valence-corrected chi connectivity index (χ0v) is 11.4. The van der Waals surface area contributed by atoms with Crippen molar-refractivity contribution < 1.29 is 9.53 Å². The quantitative estimate of drug-likeness (QED) is 0.817. The minimum Gasteiger partial charge on any atom is -0.496 e. The van der Waals surface area contributed by atoms with Crippen LogP contribution in [0.1, 0.15) is 22.0 Å². The molecule has 0 fully saturated rings. The highest BCUT2D eigenvalue weighted by atomic mass is 16.5. The van der Waals surface area contributed by atoms with Crippen molar-refractivity contribution in [3.05, 3.63) is 29.3 Å². The molecular formula is C14H17N3O2. The number of ether oxygens (including phenoxy) is 1. The molecule has 5 heteroatoms. The summed E-state index contributed by atoms with van der Waals surface area (Å²) in [5.41, 5.74) is 1.26. The number of hydrogen-bond donors (Lipinski definition) is 0. The number of likely N-dealkylation sites (N-methyl/N-ethyl adjacent to an activating group) is 1. The average molecular weight is 259 g/mol. The number of benzene rings is 1. The molecule has 19 heavy (non-hydrogen) atoms. The molecule has 1 atom stereocenters. The standard InChI is InChI=1S/C14H17N3O2/c1-16(2)7-8-17-11(9-15)10-5-4-6-12(19-3)13(10)14(17)18/h4-6,11H,7-8H2,1-3H3. The van der Waals surface area contributed by atoms with Crippen molar-refractivity contribution in [2.75, 3.05) is 34.3 Å². The molecule has 0 N–H and O–H groups in total. The lowest BCUT2D eigenvalue weighted by Gasteiger charge is -2.22. The predicted molar refractivity (Wildman–Crippen MR) is 70.9 cm³/mol. The molecular weight excluding hydrogens is 242 g/mol. The highest BCUT2D eigenvalue weighted by molar-refractivity contribution is 6.02. The Balaban J connectivity index is 2.37. The Morgan fingerprint density at radius 3 is 2.79 bits per heavy atom. The number of rotatable bonds is 4. The maximum absolute atomic E-state index is 12.4. The minimum absolute atomic E-state index is 0.124. The van der Waals surface area contributed by atoms with Gasteiger partial charge < -0.3 is 14.5 Å². The largest absolute Gasteiger partial charge is 0.496 e. The molecule has 0 bridgehead atoms. The molecule has 0 saturated carbocycles. The van der Waals surface area contributed by atoms with Gasteiger partial charge in [0, 0.05) is 18.7 Å². The van der Waals surface area contributed by atoms with Crippen LogP contribution in [0.25, 0.3) is 0 Å². The first-order valence-corrected chi connectivity index (χ1v) is 6.12. The fourth-order valence-electron chi connectivity index (χ4n) is 2.28. The highest BCUT2D eigenvalue weighted by Crippen LogP contribution is 2.37. The van der Waals surface area contributed by atoms with Crippen LogP contribution in [0.3, 0.4) is 0 Å². The minimum atomic E-state index is -0.516. The molecule has 0 radical (unpaired) electrons. The van der Waals surface area contributed by atoms with Gasteiger partial charge in [-0.1, -0.05) is 12.1 Å². The molecule has 1 heterocycles. The zero-order valence-electron chi connectivity index (χ0n) is 11.4. The number of nitriles is 1. The number of hydrogen-bond acceptors (Lipinski definition) is 4. The van der Waals surface area contributed by atoms with Gasteiger partial charge in [-0.15, -0.1) is 0 Å². The molecule has 2 rings (SSSR count). The van der Waals surface area contributed by atoms with Gasteiger partial charge in [-0.2, -0.15) is 5.26 Å². The third-order valence-corrected chi connectivity index (χ3v) is 3.27. The van der Waals surface area contributed by atoms with E-state index in [-0.39, 0.29) is 5.91 Å². The summed E-state index contributed by atoms with van der Waals surface area (Å²) in [5.74, 6) is 0.413. The third-order valence-electron chi connectivity index (χ3n) is 3.27. The number of methoxy groups -OCH3 is 1. The number of nitrogens with zero attached hydrogens (tertiary/aromatic N) is 3.